The first-order valence-electron chi connectivity index (χ1n) is 5.85. The van der Waals surface area contributed by atoms with Crippen LogP contribution in [0.1, 0.15) is 30.8 Å². The van der Waals surface area contributed by atoms with Crippen LogP contribution in [0, 0.1) is 19.8 Å². The van der Waals surface area contributed by atoms with Crippen LogP contribution in [0.4, 0.5) is 5.13 Å². The second kappa shape index (κ2) is 6.86. The van der Waals surface area contributed by atoms with Crippen LogP contribution in [0.5, 0.6) is 0 Å². The minimum atomic E-state index is 0.720. The van der Waals surface area contributed by atoms with Gasteiger partial charge in [0.2, 0.25) is 0 Å². The molecule has 0 spiro atoms. The quantitative estimate of drug-likeness (QED) is 0.745. The molecule has 0 fully saturated rings. The number of anilines is 1. The van der Waals surface area contributed by atoms with Crippen molar-refractivity contribution in [1.29, 1.82) is 0 Å². The molecule has 0 aliphatic heterocycles. The van der Waals surface area contributed by atoms with Gasteiger partial charge in [-0.25, -0.2) is 4.98 Å². The van der Waals surface area contributed by atoms with Gasteiger partial charge in [0, 0.05) is 18.0 Å². The third kappa shape index (κ3) is 4.94. The Morgan fingerprint density at radius 2 is 2.06 bits per heavy atom. The average Bonchev–Trinajstić information content (AvgIpc) is 2.52. The molecule has 3 nitrogen and oxygen atoms in total. The van der Waals surface area contributed by atoms with E-state index in [1.54, 1.807) is 11.3 Å². The number of hydrogen-bond acceptors (Lipinski definition) is 4. The highest BCUT2D eigenvalue weighted by atomic mass is 32.1. The molecule has 0 radical (unpaired) electrons. The largest absolute Gasteiger partial charge is 0.380 e. The third-order valence-corrected chi connectivity index (χ3v) is 3.42. The van der Waals surface area contributed by atoms with Crippen molar-refractivity contribution in [3.05, 3.63) is 10.6 Å². The molecule has 0 aromatic carbocycles. The Labute approximate surface area is 102 Å². The van der Waals surface area contributed by atoms with Gasteiger partial charge in [0.15, 0.2) is 5.13 Å². The Morgan fingerprint density at radius 3 is 2.62 bits per heavy atom. The molecule has 0 aliphatic rings. The summed E-state index contributed by atoms with van der Waals surface area (Å²) in [6.07, 6.45) is 1.13. The molecule has 1 rings (SSSR count). The predicted octanol–water partition coefficient (Wildman–Crippen LogP) is 3.23. The van der Waals surface area contributed by atoms with Crippen LogP contribution in [0.3, 0.4) is 0 Å². The molecule has 0 unspecified atom stereocenters. The molecule has 4 heteroatoms. The molecule has 92 valence electrons. The Kier molecular flexibility index (Phi) is 5.77. The van der Waals surface area contributed by atoms with E-state index in [-0.39, 0.29) is 0 Å². The van der Waals surface area contributed by atoms with Gasteiger partial charge >= 0.3 is 0 Å². The van der Waals surface area contributed by atoms with E-state index in [0.29, 0.717) is 0 Å². The lowest BCUT2D eigenvalue weighted by molar-refractivity contribution is 0.132. The summed E-state index contributed by atoms with van der Waals surface area (Å²) in [6.45, 7) is 11.0. The molecular formula is C12H22N2OS. The van der Waals surface area contributed by atoms with E-state index in [1.165, 1.54) is 4.88 Å². The smallest absolute Gasteiger partial charge is 0.183 e. The minimum Gasteiger partial charge on any atom is -0.380 e. The average molecular weight is 242 g/mol. The van der Waals surface area contributed by atoms with E-state index in [4.69, 9.17) is 4.74 Å². The zero-order valence-corrected chi connectivity index (χ0v) is 11.5. The standard InChI is InChI=1S/C12H22N2OS/c1-9(2)5-7-15-8-6-13-12-14-10(3)11(4)16-12/h9H,5-8H2,1-4H3,(H,13,14). The van der Waals surface area contributed by atoms with Crippen LogP contribution in [0.25, 0.3) is 0 Å². The topological polar surface area (TPSA) is 34.2 Å². The number of nitrogens with one attached hydrogen (secondary N) is 1. The summed E-state index contributed by atoms with van der Waals surface area (Å²) in [5.41, 5.74) is 1.12. The lowest BCUT2D eigenvalue weighted by Crippen LogP contribution is -2.10. The molecule has 0 amide bonds. The molecule has 16 heavy (non-hydrogen) atoms. The molecule has 0 atom stereocenters. The highest BCUT2D eigenvalue weighted by molar-refractivity contribution is 7.15. The zero-order chi connectivity index (χ0) is 12.0. The fraction of sp³-hybridized carbons (Fsp3) is 0.750. The fourth-order valence-electron chi connectivity index (χ4n) is 1.20. The maximum absolute atomic E-state index is 5.52. The Hall–Kier alpha value is -0.610. The van der Waals surface area contributed by atoms with Crippen LogP contribution < -0.4 is 5.32 Å². The highest BCUT2D eigenvalue weighted by Gasteiger charge is 2.01. The van der Waals surface area contributed by atoms with E-state index in [0.717, 1.165) is 42.9 Å². The molecule has 0 bridgehead atoms. The monoisotopic (exact) mass is 242 g/mol. The van der Waals surface area contributed by atoms with Gasteiger partial charge in [0.05, 0.1) is 12.3 Å². The van der Waals surface area contributed by atoms with Crippen molar-refractivity contribution in [3.63, 3.8) is 0 Å². The molecule has 0 saturated heterocycles. The number of rotatable bonds is 7. The van der Waals surface area contributed by atoms with Crippen molar-refractivity contribution in [2.24, 2.45) is 5.92 Å². The fourth-order valence-corrected chi connectivity index (χ4v) is 2.04. The molecule has 1 aromatic heterocycles. The number of aryl methyl sites for hydroxylation is 2. The zero-order valence-electron chi connectivity index (χ0n) is 10.7. The summed E-state index contributed by atoms with van der Waals surface area (Å²) >= 11 is 1.71. The molecule has 1 aromatic rings. The number of ether oxygens (including phenoxy) is 1. The van der Waals surface area contributed by atoms with Gasteiger partial charge in [-0.05, 0) is 26.2 Å². The summed E-state index contributed by atoms with van der Waals surface area (Å²) in [4.78, 5) is 5.69. The normalized spacial score (nSPS) is 11.1. The van der Waals surface area contributed by atoms with E-state index < -0.39 is 0 Å². The summed E-state index contributed by atoms with van der Waals surface area (Å²) in [6, 6.07) is 0. The Morgan fingerprint density at radius 1 is 1.31 bits per heavy atom. The molecule has 0 aliphatic carbocycles. The lowest BCUT2D eigenvalue weighted by Gasteiger charge is -2.06. The van der Waals surface area contributed by atoms with Crippen molar-refractivity contribution in [1.82, 2.24) is 4.98 Å². The van der Waals surface area contributed by atoms with Crippen molar-refractivity contribution in [2.75, 3.05) is 25.1 Å². The third-order valence-electron chi connectivity index (χ3n) is 2.39. The number of hydrogen-bond donors (Lipinski definition) is 1. The Bertz CT molecular complexity index is 290. The van der Waals surface area contributed by atoms with Crippen molar-refractivity contribution in [3.8, 4) is 0 Å². The van der Waals surface area contributed by atoms with Gasteiger partial charge in [-0.3, -0.25) is 0 Å². The van der Waals surface area contributed by atoms with E-state index >= 15 is 0 Å². The van der Waals surface area contributed by atoms with Gasteiger partial charge in [-0.15, -0.1) is 11.3 Å². The van der Waals surface area contributed by atoms with E-state index in [1.807, 2.05) is 6.92 Å². The number of nitrogens with zero attached hydrogens (tertiary/aromatic N) is 1. The van der Waals surface area contributed by atoms with E-state index in [2.05, 4.69) is 31.1 Å². The van der Waals surface area contributed by atoms with Crippen LogP contribution in [-0.4, -0.2) is 24.7 Å². The first-order valence-corrected chi connectivity index (χ1v) is 6.67. The maximum atomic E-state index is 5.52. The van der Waals surface area contributed by atoms with Crippen LogP contribution >= 0.6 is 11.3 Å². The number of aromatic nitrogens is 1. The van der Waals surface area contributed by atoms with Crippen LogP contribution in [0.2, 0.25) is 0 Å². The molecule has 1 heterocycles. The number of thiazole rings is 1. The Balaban J connectivity index is 2.07. The minimum absolute atomic E-state index is 0.720. The van der Waals surface area contributed by atoms with Gasteiger partial charge < -0.3 is 10.1 Å². The van der Waals surface area contributed by atoms with Crippen molar-refractivity contribution >= 4 is 16.5 Å². The van der Waals surface area contributed by atoms with Gasteiger partial charge in [0.1, 0.15) is 0 Å². The van der Waals surface area contributed by atoms with Crippen molar-refractivity contribution < 1.29 is 4.74 Å². The second-order valence-corrected chi connectivity index (χ2v) is 5.59. The van der Waals surface area contributed by atoms with Crippen molar-refractivity contribution in [2.45, 2.75) is 34.1 Å². The first kappa shape index (κ1) is 13.5. The van der Waals surface area contributed by atoms with Gasteiger partial charge in [-0.1, -0.05) is 13.8 Å². The molecule has 0 saturated carbocycles. The van der Waals surface area contributed by atoms with Crippen LogP contribution in [0.15, 0.2) is 0 Å². The SMILES string of the molecule is Cc1nc(NCCOCCC(C)C)sc1C. The molecular weight excluding hydrogens is 220 g/mol. The highest BCUT2D eigenvalue weighted by Crippen LogP contribution is 2.20. The summed E-state index contributed by atoms with van der Waals surface area (Å²) < 4.78 is 5.52. The van der Waals surface area contributed by atoms with Gasteiger partial charge in [0.25, 0.3) is 0 Å². The summed E-state index contributed by atoms with van der Waals surface area (Å²) in [5, 5.41) is 4.28. The summed E-state index contributed by atoms with van der Waals surface area (Å²) in [5.74, 6) is 0.720. The molecule has 1 N–H and O–H groups in total. The van der Waals surface area contributed by atoms with Gasteiger partial charge in [-0.2, -0.15) is 0 Å². The van der Waals surface area contributed by atoms with E-state index in [9.17, 15) is 0 Å². The maximum Gasteiger partial charge on any atom is 0.183 e. The first-order chi connectivity index (χ1) is 7.59. The lowest BCUT2D eigenvalue weighted by atomic mass is 10.1. The predicted molar refractivity (Wildman–Crippen MR) is 70.4 cm³/mol. The summed E-state index contributed by atoms with van der Waals surface area (Å²) in [7, 11) is 0. The second-order valence-electron chi connectivity index (χ2n) is 4.38. The van der Waals surface area contributed by atoms with Crippen LogP contribution in [-0.2, 0) is 4.74 Å².